The molecule has 2 aromatic rings. The Labute approximate surface area is 117 Å². The van der Waals surface area contributed by atoms with Crippen LogP contribution in [0.3, 0.4) is 0 Å². The first-order valence-corrected chi connectivity index (χ1v) is 6.26. The normalized spacial score (nSPS) is 10.3. The van der Waals surface area contributed by atoms with Crippen molar-refractivity contribution in [2.24, 2.45) is 0 Å². The van der Waals surface area contributed by atoms with E-state index in [0.717, 1.165) is 12.1 Å². The highest BCUT2D eigenvalue weighted by molar-refractivity contribution is 5.93. The van der Waals surface area contributed by atoms with Crippen molar-refractivity contribution < 1.29 is 14.3 Å². The van der Waals surface area contributed by atoms with E-state index >= 15 is 0 Å². The highest BCUT2D eigenvalue weighted by Crippen LogP contribution is 2.22. The quantitative estimate of drug-likeness (QED) is 0.665. The molecule has 0 radical (unpaired) electrons. The van der Waals surface area contributed by atoms with Gasteiger partial charge in [-0.2, -0.15) is 5.10 Å². The average molecular weight is 275 g/mol. The van der Waals surface area contributed by atoms with Crippen molar-refractivity contribution in [3.8, 4) is 5.75 Å². The van der Waals surface area contributed by atoms with Gasteiger partial charge in [-0.1, -0.05) is 0 Å². The fourth-order valence-corrected chi connectivity index (χ4v) is 1.76. The summed E-state index contributed by atoms with van der Waals surface area (Å²) in [6.45, 7) is 2.94. The Kier molecular flexibility index (Phi) is 4.24. The minimum absolute atomic E-state index is 0.173. The number of aryl methyl sites for hydroxylation is 1. The smallest absolute Gasteiger partial charge is 0.342 e. The standard InChI is InChI=1S/C14H17N3O3/c1-3-17-8-10(7-16-17)9-20-14(18)12-5-4-11(15)6-13(12)19-2/h4-8H,3,9,15H2,1-2H3. The summed E-state index contributed by atoms with van der Waals surface area (Å²) in [5, 5.41) is 4.11. The highest BCUT2D eigenvalue weighted by Gasteiger charge is 2.14. The van der Waals surface area contributed by atoms with Crippen molar-refractivity contribution in [1.29, 1.82) is 0 Å². The summed E-state index contributed by atoms with van der Waals surface area (Å²) in [4.78, 5) is 12.0. The number of esters is 1. The minimum Gasteiger partial charge on any atom is -0.496 e. The van der Waals surface area contributed by atoms with Crippen molar-refractivity contribution in [2.45, 2.75) is 20.1 Å². The largest absolute Gasteiger partial charge is 0.496 e. The maximum absolute atomic E-state index is 12.0. The second-order valence-corrected chi connectivity index (χ2v) is 4.24. The molecule has 6 nitrogen and oxygen atoms in total. The number of carbonyl (C=O) groups is 1. The van der Waals surface area contributed by atoms with Crippen molar-refractivity contribution in [2.75, 3.05) is 12.8 Å². The van der Waals surface area contributed by atoms with Crippen LogP contribution in [0.25, 0.3) is 0 Å². The molecule has 0 amide bonds. The molecule has 0 saturated carbocycles. The van der Waals surface area contributed by atoms with Gasteiger partial charge in [0, 0.05) is 30.1 Å². The summed E-state index contributed by atoms with van der Waals surface area (Å²) in [5.74, 6) is -0.0506. The monoisotopic (exact) mass is 275 g/mol. The van der Waals surface area contributed by atoms with E-state index in [1.165, 1.54) is 7.11 Å². The van der Waals surface area contributed by atoms with Gasteiger partial charge >= 0.3 is 5.97 Å². The fraction of sp³-hybridized carbons (Fsp3) is 0.286. The van der Waals surface area contributed by atoms with E-state index in [0.29, 0.717) is 17.0 Å². The zero-order valence-electron chi connectivity index (χ0n) is 11.5. The molecule has 1 heterocycles. The van der Waals surface area contributed by atoms with Gasteiger partial charge in [-0.05, 0) is 19.1 Å². The van der Waals surface area contributed by atoms with Gasteiger partial charge in [0.15, 0.2) is 0 Å². The molecular formula is C14H17N3O3. The Bertz CT molecular complexity index is 607. The van der Waals surface area contributed by atoms with Crippen LogP contribution >= 0.6 is 0 Å². The number of rotatable bonds is 5. The summed E-state index contributed by atoms with van der Waals surface area (Å²) >= 11 is 0. The maximum atomic E-state index is 12.0. The van der Waals surface area contributed by atoms with Gasteiger partial charge in [0.25, 0.3) is 0 Å². The maximum Gasteiger partial charge on any atom is 0.342 e. The van der Waals surface area contributed by atoms with Crippen LogP contribution in [0.15, 0.2) is 30.6 Å². The molecule has 1 aromatic carbocycles. The molecule has 2 N–H and O–H groups in total. The van der Waals surface area contributed by atoms with Gasteiger partial charge in [0.2, 0.25) is 0 Å². The fourth-order valence-electron chi connectivity index (χ4n) is 1.76. The average Bonchev–Trinajstić information content (AvgIpc) is 2.92. The van der Waals surface area contributed by atoms with Gasteiger partial charge < -0.3 is 15.2 Å². The number of benzene rings is 1. The molecule has 2 rings (SSSR count). The lowest BCUT2D eigenvalue weighted by molar-refractivity contribution is 0.0469. The van der Waals surface area contributed by atoms with E-state index < -0.39 is 5.97 Å². The third-order valence-corrected chi connectivity index (χ3v) is 2.83. The van der Waals surface area contributed by atoms with Crippen molar-refractivity contribution in [3.05, 3.63) is 41.7 Å². The first-order chi connectivity index (χ1) is 9.63. The predicted octanol–water partition coefficient (Wildman–Crippen LogP) is 1.85. The molecule has 6 heteroatoms. The third kappa shape index (κ3) is 3.09. The first-order valence-electron chi connectivity index (χ1n) is 6.26. The Morgan fingerprint density at radius 2 is 2.25 bits per heavy atom. The Balaban J connectivity index is 2.04. The van der Waals surface area contributed by atoms with Crippen LogP contribution in [0.2, 0.25) is 0 Å². The molecule has 106 valence electrons. The summed E-state index contributed by atoms with van der Waals surface area (Å²) in [6.07, 6.45) is 3.52. The molecule has 0 aliphatic carbocycles. The number of methoxy groups -OCH3 is 1. The highest BCUT2D eigenvalue weighted by atomic mass is 16.5. The van der Waals surface area contributed by atoms with Crippen LogP contribution in [0, 0.1) is 0 Å². The number of ether oxygens (including phenoxy) is 2. The number of hydrogen-bond donors (Lipinski definition) is 1. The van der Waals surface area contributed by atoms with E-state index in [2.05, 4.69) is 5.10 Å². The first kappa shape index (κ1) is 13.9. The van der Waals surface area contributed by atoms with Gasteiger partial charge in [-0.25, -0.2) is 4.79 Å². The zero-order chi connectivity index (χ0) is 14.5. The Hall–Kier alpha value is -2.50. The van der Waals surface area contributed by atoms with E-state index in [4.69, 9.17) is 15.2 Å². The van der Waals surface area contributed by atoms with Crippen LogP contribution < -0.4 is 10.5 Å². The molecule has 0 aliphatic heterocycles. The summed E-state index contributed by atoms with van der Waals surface area (Å²) < 4.78 is 12.1. The van der Waals surface area contributed by atoms with Crippen LogP contribution in [0.4, 0.5) is 5.69 Å². The SMILES string of the molecule is CCn1cc(COC(=O)c2ccc(N)cc2OC)cn1. The van der Waals surface area contributed by atoms with Crippen LogP contribution in [0.1, 0.15) is 22.8 Å². The van der Waals surface area contributed by atoms with Crippen molar-refractivity contribution in [1.82, 2.24) is 9.78 Å². The number of hydrogen-bond acceptors (Lipinski definition) is 5. The summed E-state index contributed by atoms with van der Waals surface area (Å²) in [7, 11) is 1.48. The lowest BCUT2D eigenvalue weighted by Gasteiger charge is -2.08. The second kappa shape index (κ2) is 6.10. The molecule has 0 spiro atoms. The van der Waals surface area contributed by atoms with E-state index in [9.17, 15) is 4.79 Å². The van der Waals surface area contributed by atoms with Crippen molar-refractivity contribution >= 4 is 11.7 Å². The predicted molar refractivity (Wildman–Crippen MR) is 74.4 cm³/mol. The molecular weight excluding hydrogens is 258 g/mol. The number of aromatic nitrogens is 2. The molecule has 0 bridgehead atoms. The Morgan fingerprint density at radius 3 is 2.90 bits per heavy atom. The summed E-state index contributed by atoms with van der Waals surface area (Å²) in [6, 6.07) is 4.81. The zero-order valence-corrected chi connectivity index (χ0v) is 11.5. The molecule has 0 fully saturated rings. The van der Waals surface area contributed by atoms with E-state index in [1.54, 1.807) is 29.1 Å². The topological polar surface area (TPSA) is 79.4 Å². The molecule has 0 saturated heterocycles. The van der Waals surface area contributed by atoms with E-state index in [1.807, 2.05) is 13.1 Å². The molecule has 0 atom stereocenters. The molecule has 0 aliphatic rings. The summed E-state index contributed by atoms with van der Waals surface area (Å²) in [5.41, 5.74) is 7.37. The lowest BCUT2D eigenvalue weighted by atomic mass is 10.2. The van der Waals surface area contributed by atoms with Gasteiger partial charge in [-0.15, -0.1) is 0 Å². The second-order valence-electron chi connectivity index (χ2n) is 4.24. The minimum atomic E-state index is -0.453. The number of nitrogen functional groups attached to an aromatic ring is 1. The van der Waals surface area contributed by atoms with Crippen LogP contribution in [-0.2, 0) is 17.9 Å². The van der Waals surface area contributed by atoms with Gasteiger partial charge in [0.1, 0.15) is 17.9 Å². The van der Waals surface area contributed by atoms with Crippen LogP contribution in [-0.4, -0.2) is 22.9 Å². The van der Waals surface area contributed by atoms with Crippen LogP contribution in [0.5, 0.6) is 5.75 Å². The van der Waals surface area contributed by atoms with E-state index in [-0.39, 0.29) is 6.61 Å². The van der Waals surface area contributed by atoms with Gasteiger partial charge in [-0.3, -0.25) is 4.68 Å². The number of anilines is 1. The number of nitrogens with zero attached hydrogens (tertiary/aromatic N) is 2. The molecule has 0 unspecified atom stereocenters. The number of carbonyl (C=O) groups excluding carboxylic acids is 1. The number of nitrogens with two attached hydrogens (primary N) is 1. The van der Waals surface area contributed by atoms with Crippen molar-refractivity contribution in [3.63, 3.8) is 0 Å². The molecule has 1 aromatic heterocycles. The lowest BCUT2D eigenvalue weighted by Crippen LogP contribution is -2.07. The Morgan fingerprint density at radius 1 is 1.45 bits per heavy atom. The van der Waals surface area contributed by atoms with Gasteiger partial charge in [0.05, 0.1) is 13.3 Å². The molecule has 20 heavy (non-hydrogen) atoms. The third-order valence-electron chi connectivity index (χ3n) is 2.83.